The van der Waals surface area contributed by atoms with Gasteiger partial charge in [0.1, 0.15) is 62.5 Å². The summed E-state index contributed by atoms with van der Waals surface area (Å²) in [6.07, 6.45) is 57.6. The van der Waals surface area contributed by atoms with Crippen LogP contribution < -0.4 is 18.6 Å². The standard InChI is InChI=1S/C58H94N4O2/c1-3-5-7-9-11-13-15-17-19-21-23-25-27-29-31-33-39-63-57-43-53-41-54(44-57)48-60-36-38-62(52-60)50-56-42-55(49-61-37-35-59(47-53)51-61)45-58(46-56)64-40-34-32-30-28-26-24-22-20-18-16-14-12-10-8-6-4-2/h35-38,41-46,51-52H,3-34,39-40,47-50H2,1-2H3/q+2. The zero-order valence-electron chi connectivity index (χ0n) is 41.4. The summed E-state index contributed by atoms with van der Waals surface area (Å²) in [7, 11) is 0. The smallest absolute Gasteiger partial charge is 0.244 e. The topological polar surface area (TPSA) is 36.1 Å². The van der Waals surface area contributed by atoms with Crippen LogP contribution in [0, 0.1) is 0 Å². The van der Waals surface area contributed by atoms with Gasteiger partial charge in [0, 0.05) is 0 Å². The van der Waals surface area contributed by atoms with Gasteiger partial charge in [0.15, 0.2) is 0 Å². The molecule has 6 heteroatoms. The van der Waals surface area contributed by atoms with E-state index in [1.165, 1.54) is 215 Å². The quantitative estimate of drug-likeness (QED) is 0.0297. The van der Waals surface area contributed by atoms with Crippen LogP contribution in [0.3, 0.4) is 0 Å². The first-order chi connectivity index (χ1) is 31.7. The SMILES string of the molecule is CCCCCCCCCCCCCCCCCCOc1cc2cc(c1)Cn1cc[n+](c1)Cc1cc(cc(OCCCCCCCCCCCCCCCCCC)c1)C[n+]1ccn(c1)C2. The highest BCUT2D eigenvalue weighted by atomic mass is 16.5. The lowest BCUT2D eigenvalue weighted by molar-refractivity contribution is -0.688. The van der Waals surface area contributed by atoms with Crippen molar-refractivity contribution < 1.29 is 18.6 Å². The highest BCUT2D eigenvalue weighted by Crippen LogP contribution is 2.23. The van der Waals surface area contributed by atoms with E-state index < -0.39 is 0 Å². The van der Waals surface area contributed by atoms with Gasteiger partial charge in [0.2, 0.25) is 12.7 Å². The number of hydrogen-bond donors (Lipinski definition) is 0. The van der Waals surface area contributed by atoms with Crippen LogP contribution in [0.25, 0.3) is 0 Å². The fourth-order valence-corrected chi connectivity index (χ4v) is 9.76. The summed E-state index contributed by atoms with van der Waals surface area (Å²) in [5.41, 5.74) is 5.12. The van der Waals surface area contributed by atoms with Gasteiger partial charge in [-0.05, 0) is 71.5 Å². The molecule has 0 spiro atoms. The summed E-state index contributed by atoms with van der Waals surface area (Å²) in [5.74, 6) is 1.99. The molecule has 2 aromatic carbocycles. The van der Waals surface area contributed by atoms with Gasteiger partial charge in [-0.3, -0.25) is 0 Å². The number of aromatic nitrogens is 4. The summed E-state index contributed by atoms with van der Waals surface area (Å²) < 4.78 is 22.1. The minimum atomic E-state index is 0.789. The molecule has 0 atom stereocenters. The lowest BCUT2D eigenvalue weighted by Crippen LogP contribution is -2.33. The second kappa shape index (κ2) is 33.0. The number of rotatable bonds is 36. The van der Waals surface area contributed by atoms with Crippen LogP contribution in [-0.4, -0.2) is 22.3 Å². The summed E-state index contributed by atoms with van der Waals surface area (Å²) in [4.78, 5) is 0. The van der Waals surface area contributed by atoms with E-state index in [0.717, 1.165) is 63.7 Å². The van der Waals surface area contributed by atoms with Crippen molar-refractivity contribution in [3.05, 3.63) is 96.1 Å². The number of fused-ring (bicyclic) bond motifs is 8. The molecule has 5 rings (SSSR count). The van der Waals surface area contributed by atoms with Crippen LogP contribution in [0.1, 0.15) is 242 Å². The molecule has 1 aliphatic heterocycles. The van der Waals surface area contributed by atoms with E-state index in [-0.39, 0.29) is 0 Å². The Labute approximate surface area is 392 Å². The van der Waals surface area contributed by atoms with Gasteiger partial charge in [-0.15, -0.1) is 0 Å². The Morgan fingerprint density at radius 2 is 0.641 bits per heavy atom. The number of unbranched alkanes of at least 4 members (excludes halogenated alkanes) is 30. The van der Waals surface area contributed by atoms with Gasteiger partial charge in [-0.25, -0.2) is 18.3 Å². The number of imidazole rings is 2. The van der Waals surface area contributed by atoms with Crippen LogP contribution in [0.15, 0.2) is 73.8 Å². The molecule has 0 radical (unpaired) electrons. The van der Waals surface area contributed by atoms with Gasteiger partial charge < -0.3 is 9.47 Å². The molecule has 1 aliphatic rings. The van der Waals surface area contributed by atoms with E-state index in [1.54, 1.807) is 0 Å². The van der Waals surface area contributed by atoms with E-state index in [9.17, 15) is 0 Å². The average Bonchev–Trinajstić information content (AvgIpc) is 3.93. The monoisotopic (exact) mass is 879 g/mol. The number of ether oxygens (including phenoxy) is 2. The fourth-order valence-electron chi connectivity index (χ4n) is 9.76. The summed E-state index contributed by atoms with van der Waals surface area (Å²) in [6, 6.07) is 13.7. The average molecular weight is 879 g/mol. The number of hydrogen-bond acceptors (Lipinski definition) is 2. The molecule has 0 N–H and O–H groups in total. The molecular weight excluding hydrogens is 785 g/mol. The number of benzene rings is 2. The molecule has 0 unspecified atom stereocenters. The van der Waals surface area contributed by atoms with Crippen molar-refractivity contribution in [3.8, 4) is 11.5 Å². The largest absolute Gasteiger partial charge is 0.494 e. The molecule has 356 valence electrons. The second-order valence-electron chi connectivity index (χ2n) is 19.8. The Balaban J connectivity index is 0.997. The maximum absolute atomic E-state index is 6.45. The fraction of sp³-hybridized carbons (Fsp3) is 0.690. The molecule has 3 heterocycles. The van der Waals surface area contributed by atoms with Gasteiger partial charge in [-0.1, -0.05) is 206 Å². The maximum atomic E-state index is 6.45. The van der Waals surface area contributed by atoms with Gasteiger partial charge in [0.05, 0.1) is 13.2 Å². The first-order valence-electron chi connectivity index (χ1n) is 27.3. The third kappa shape index (κ3) is 22.6. The van der Waals surface area contributed by atoms with Crippen LogP contribution in [0.5, 0.6) is 11.5 Å². The molecule has 0 fully saturated rings. The molecule has 6 nitrogen and oxygen atoms in total. The van der Waals surface area contributed by atoms with E-state index >= 15 is 0 Å². The molecule has 4 aromatic rings. The summed E-state index contributed by atoms with van der Waals surface area (Å²) in [6.45, 7) is 9.44. The Kier molecular flexibility index (Phi) is 26.5. The molecule has 0 aliphatic carbocycles. The molecule has 8 bridgehead atoms. The predicted octanol–water partition coefficient (Wildman–Crippen LogP) is 15.7. The molecule has 0 saturated carbocycles. The van der Waals surface area contributed by atoms with Gasteiger partial charge in [0.25, 0.3) is 0 Å². The third-order valence-electron chi connectivity index (χ3n) is 13.5. The van der Waals surface area contributed by atoms with Crippen molar-refractivity contribution in [1.82, 2.24) is 9.13 Å². The minimum absolute atomic E-state index is 0.789. The van der Waals surface area contributed by atoms with Crippen molar-refractivity contribution >= 4 is 0 Å². The zero-order valence-corrected chi connectivity index (χ0v) is 41.4. The second-order valence-corrected chi connectivity index (χ2v) is 19.8. The Morgan fingerprint density at radius 1 is 0.359 bits per heavy atom. The molecular formula is C58H94N4O2+2. The van der Waals surface area contributed by atoms with E-state index in [4.69, 9.17) is 9.47 Å². The van der Waals surface area contributed by atoms with Crippen molar-refractivity contribution in [3.63, 3.8) is 0 Å². The van der Waals surface area contributed by atoms with Crippen molar-refractivity contribution in [2.24, 2.45) is 0 Å². The summed E-state index contributed by atoms with van der Waals surface area (Å²) in [5, 5.41) is 0. The summed E-state index contributed by atoms with van der Waals surface area (Å²) >= 11 is 0. The minimum Gasteiger partial charge on any atom is -0.494 e. The Morgan fingerprint density at radius 3 is 0.969 bits per heavy atom. The van der Waals surface area contributed by atoms with Crippen molar-refractivity contribution in [2.45, 2.75) is 245 Å². The van der Waals surface area contributed by atoms with E-state index in [0.29, 0.717) is 0 Å². The molecule has 0 saturated heterocycles. The van der Waals surface area contributed by atoms with Crippen LogP contribution in [0.4, 0.5) is 0 Å². The first kappa shape index (κ1) is 51.4. The van der Waals surface area contributed by atoms with Crippen molar-refractivity contribution in [1.29, 1.82) is 0 Å². The highest BCUT2D eigenvalue weighted by Gasteiger charge is 2.15. The maximum Gasteiger partial charge on any atom is 0.244 e. The van der Waals surface area contributed by atoms with Gasteiger partial charge >= 0.3 is 0 Å². The molecule has 2 aromatic heterocycles. The third-order valence-corrected chi connectivity index (χ3v) is 13.5. The lowest BCUT2D eigenvalue weighted by atomic mass is 10.0. The Bertz CT molecular complexity index is 1550. The Hall–Kier alpha value is -3.54. The normalized spacial score (nSPS) is 12.5. The molecule has 64 heavy (non-hydrogen) atoms. The molecule has 0 amide bonds. The van der Waals surface area contributed by atoms with Crippen LogP contribution in [-0.2, 0) is 26.2 Å². The van der Waals surface area contributed by atoms with Crippen LogP contribution >= 0.6 is 0 Å². The highest BCUT2D eigenvalue weighted by molar-refractivity contribution is 5.35. The first-order valence-corrected chi connectivity index (χ1v) is 27.3. The van der Waals surface area contributed by atoms with Crippen molar-refractivity contribution in [2.75, 3.05) is 13.2 Å². The lowest BCUT2D eigenvalue weighted by Gasteiger charge is -2.11. The number of nitrogens with zero attached hydrogens (tertiary/aromatic N) is 4. The van der Waals surface area contributed by atoms with E-state index in [1.807, 2.05) is 0 Å². The predicted molar refractivity (Wildman–Crippen MR) is 269 cm³/mol. The van der Waals surface area contributed by atoms with Gasteiger partial charge in [-0.2, -0.15) is 0 Å². The van der Waals surface area contributed by atoms with Crippen LogP contribution in [0.2, 0.25) is 0 Å². The zero-order chi connectivity index (χ0) is 44.5. The van der Waals surface area contributed by atoms with E-state index in [2.05, 4.69) is 106 Å².